The Morgan fingerprint density at radius 2 is 2.25 bits per heavy atom. The summed E-state index contributed by atoms with van der Waals surface area (Å²) in [4.78, 5) is 0. The van der Waals surface area contributed by atoms with Crippen molar-refractivity contribution in [2.75, 3.05) is 22.3 Å². The van der Waals surface area contributed by atoms with Crippen molar-refractivity contribution in [3.8, 4) is 6.07 Å². The minimum Gasteiger partial charge on any atom is -0.399 e. The summed E-state index contributed by atoms with van der Waals surface area (Å²) < 4.78 is 24.8. The molecule has 2 N–H and O–H groups in total. The number of nitrogen functional groups attached to an aromatic ring is 1. The van der Waals surface area contributed by atoms with Crippen molar-refractivity contribution in [3.63, 3.8) is 0 Å². The van der Waals surface area contributed by atoms with E-state index in [2.05, 4.69) is 0 Å². The van der Waals surface area contributed by atoms with Gasteiger partial charge in [-0.2, -0.15) is 5.26 Å². The van der Waals surface area contributed by atoms with Crippen LogP contribution in [0.3, 0.4) is 0 Å². The lowest BCUT2D eigenvalue weighted by molar-refractivity contribution is 0.595. The molecule has 0 spiro atoms. The SMILES string of the molecule is N#CCS(=O)(=O)N1CCc2cc(N)ccc21. The third-order valence-electron chi connectivity index (χ3n) is 2.54. The second-order valence-electron chi connectivity index (χ2n) is 3.62. The van der Waals surface area contributed by atoms with Crippen molar-refractivity contribution in [1.29, 1.82) is 5.26 Å². The quantitative estimate of drug-likeness (QED) is 0.758. The molecule has 1 aliphatic heterocycles. The van der Waals surface area contributed by atoms with Gasteiger partial charge in [0.1, 0.15) is 0 Å². The fourth-order valence-corrected chi connectivity index (χ4v) is 3.01. The first-order valence-electron chi connectivity index (χ1n) is 4.80. The van der Waals surface area contributed by atoms with Crippen LogP contribution in [0.1, 0.15) is 5.56 Å². The Morgan fingerprint density at radius 1 is 1.50 bits per heavy atom. The Kier molecular flexibility index (Phi) is 2.48. The standard InChI is InChI=1S/C10H11N3O2S/c11-4-6-16(14,15)13-5-3-8-7-9(12)1-2-10(8)13/h1-2,7H,3,5-6,12H2. The van der Waals surface area contributed by atoms with Gasteiger partial charge >= 0.3 is 0 Å². The zero-order valence-electron chi connectivity index (χ0n) is 8.55. The van der Waals surface area contributed by atoms with Gasteiger partial charge in [0.15, 0.2) is 5.75 Å². The molecule has 6 heteroatoms. The molecule has 0 aromatic heterocycles. The maximum absolute atomic E-state index is 11.8. The summed E-state index contributed by atoms with van der Waals surface area (Å²) in [6.07, 6.45) is 0.644. The van der Waals surface area contributed by atoms with E-state index in [9.17, 15) is 8.42 Å². The van der Waals surface area contributed by atoms with Crippen LogP contribution in [0.2, 0.25) is 0 Å². The van der Waals surface area contributed by atoms with Crippen LogP contribution in [-0.4, -0.2) is 20.7 Å². The first kappa shape index (κ1) is 10.8. The lowest BCUT2D eigenvalue weighted by Gasteiger charge is -2.17. The van der Waals surface area contributed by atoms with Gasteiger partial charge in [-0.1, -0.05) is 0 Å². The lowest BCUT2D eigenvalue weighted by Crippen LogP contribution is -2.30. The molecule has 0 amide bonds. The molecule has 0 atom stereocenters. The van der Waals surface area contributed by atoms with Crippen LogP contribution in [0.25, 0.3) is 0 Å². The summed E-state index contributed by atoms with van der Waals surface area (Å²) >= 11 is 0. The molecule has 0 fully saturated rings. The molecule has 2 rings (SSSR count). The molecule has 84 valence electrons. The predicted octanol–water partition coefficient (Wildman–Crippen LogP) is 0.485. The van der Waals surface area contributed by atoms with E-state index in [-0.39, 0.29) is 0 Å². The molecule has 5 nitrogen and oxygen atoms in total. The first-order chi connectivity index (χ1) is 7.54. The molecule has 1 aromatic rings. The smallest absolute Gasteiger partial charge is 0.248 e. The number of hydrogen-bond acceptors (Lipinski definition) is 4. The van der Waals surface area contributed by atoms with Crippen molar-refractivity contribution < 1.29 is 8.42 Å². The number of fused-ring (bicyclic) bond motifs is 1. The molecule has 16 heavy (non-hydrogen) atoms. The molecular formula is C10H11N3O2S. The molecular weight excluding hydrogens is 226 g/mol. The largest absolute Gasteiger partial charge is 0.399 e. The van der Waals surface area contributed by atoms with E-state index in [1.165, 1.54) is 4.31 Å². The second kappa shape index (κ2) is 3.68. The molecule has 0 saturated heterocycles. The monoisotopic (exact) mass is 237 g/mol. The van der Waals surface area contributed by atoms with E-state index in [4.69, 9.17) is 11.0 Å². The van der Waals surface area contributed by atoms with Gasteiger partial charge in [0.2, 0.25) is 10.0 Å². The molecule has 0 bridgehead atoms. The molecule has 0 aliphatic carbocycles. The van der Waals surface area contributed by atoms with Gasteiger partial charge in [0.25, 0.3) is 0 Å². The number of benzene rings is 1. The normalized spacial score (nSPS) is 14.6. The minimum atomic E-state index is -3.50. The number of rotatable bonds is 2. The highest BCUT2D eigenvalue weighted by Gasteiger charge is 2.28. The Balaban J connectivity index is 2.42. The van der Waals surface area contributed by atoms with E-state index in [0.717, 1.165) is 5.56 Å². The van der Waals surface area contributed by atoms with Gasteiger partial charge in [-0.15, -0.1) is 0 Å². The topological polar surface area (TPSA) is 87.2 Å². The lowest BCUT2D eigenvalue weighted by atomic mass is 10.1. The van der Waals surface area contributed by atoms with Gasteiger partial charge < -0.3 is 5.73 Å². The molecule has 1 aliphatic rings. The number of nitrogens with zero attached hydrogens (tertiary/aromatic N) is 2. The Morgan fingerprint density at radius 3 is 2.94 bits per heavy atom. The molecule has 1 heterocycles. The van der Waals surface area contributed by atoms with Crippen LogP contribution in [0.5, 0.6) is 0 Å². The zero-order chi connectivity index (χ0) is 11.8. The fourth-order valence-electron chi connectivity index (χ4n) is 1.84. The van der Waals surface area contributed by atoms with E-state index in [1.807, 2.05) is 0 Å². The van der Waals surface area contributed by atoms with E-state index < -0.39 is 15.8 Å². The highest BCUT2D eigenvalue weighted by molar-refractivity contribution is 7.93. The summed E-state index contributed by atoms with van der Waals surface area (Å²) in [5.41, 5.74) is 7.81. The van der Waals surface area contributed by atoms with Crippen molar-refractivity contribution in [2.24, 2.45) is 0 Å². The summed E-state index contributed by atoms with van der Waals surface area (Å²) in [6, 6.07) is 6.80. The second-order valence-corrected chi connectivity index (χ2v) is 5.52. The van der Waals surface area contributed by atoms with Crippen LogP contribution in [-0.2, 0) is 16.4 Å². The Hall–Kier alpha value is -1.74. The molecule has 1 aromatic carbocycles. The summed E-state index contributed by atoms with van der Waals surface area (Å²) in [5.74, 6) is -0.489. The van der Waals surface area contributed by atoms with Crippen molar-refractivity contribution in [3.05, 3.63) is 23.8 Å². The average Bonchev–Trinajstić information content (AvgIpc) is 2.60. The average molecular weight is 237 g/mol. The van der Waals surface area contributed by atoms with Crippen LogP contribution < -0.4 is 10.0 Å². The molecule has 0 radical (unpaired) electrons. The third-order valence-corrected chi connectivity index (χ3v) is 4.08. The van der Waals surface area contributed by atoms with Gasteiger partial charge in [-0.25, -0.2) is 8.42 Å². The third kappa shape index (κ3) is 1.70. The van der Waals surface area contributed by atoms with Gasteiger partial charge in [-0.3, -0.25) is 4.31 Å². The highest BCUT2D eigenvalue weighted by atomic mass is 32.2. The molecule has 0 saturated carbocycles. The van der Waals surface area contributed by atoms with Gasteiger partial charge in [0, 0.05) is 12.2 Å². The number of hydrogen-bond donors (Lipinski definition) is 1. The van der Waals surface area contributed by atoms with Crippen LogP contribution >= 0.6 is 0 Å². The summed E-state index contributed by atoms with van der Waals surface area (Å²) in [5, 5.41) is 8.48. The van der Waals surface area contributed by atoms with Gasteiger partial charge in [-0.05, 0) is 30.2 Å². The molecule has 0 unspecified atom stereocenters. The maximum atomic E-state index is 11.8. The van der Waals surface area contributed by atoms with Crippen molar-refractivity contribution in [1.82, 2.24) is 0 Å². The van der Waals surface area contributed by atoms with Crippen LogP contribution in [0.15, 0.2) is 18.2 Å². The van der Waals surface area contributed by atoms with E-state index >= 15 is 0 Å². The summed E-state index contributed by atoms with van der Waals surface area (Å²) in [6.45, 7) is 0.392. The van der Waals surface area contributed by atoms with E-state index in [1.54, 1.807) is 24.3 Å². The predicted molar refractivity (Wildman–Crippen MR) is 61.3 cm³/mol. The van der Waals surface area contributed by atoms with Gasteiger partial charge in [0.05, 0.1) is 11.8 Å². The first-order valence-corrected chi connectivity index (χ1v) is 6.41. The fraction of sp³-hybridized carbons (Fsp3) is 0.300. The maximum Gasteiger partial charge on any atom is 0.248 e. The minimum absolute atomic E-state index is 0.392. The van der Waals surface area contributed by atoms with E-state index in [0.29, 0.717) is 24.3 Å². The Labute approximate surface area is 94.1 Å². The van der Waals surface area contributed by atoms with Crippen LogP contribution in [0, 0.1) is 11.3 Å². The zero-order valence-corrected chi connectivity index (χ0v) is 9.37. The van der Waals surface area contributed by atoms with Crippen molar-refractivity contribution in [2.45, 2.75) is 6.42 Å². The van der Waals surface area contributed by atoms with Crippen molar-refractivity contribution >= 4 is 21.4 Å². The number of anilines is 2. The van der Waals surface area contributed by atoms with Crippen LogP contribution in [0.4, 0.5) is 11.4 Å². The number of nitriles is 1. The Bertz CT molecular complexity index is 560. The highest BCUT2D eigenvalue weighted by Crippen LogP contribution is 2.31. The number of nitrogens with two attached hydrogens (primary N) is 1. The number of sulfonamides is 1. The summed E-state index contributed by atoms with van der Waals surface area (Å²) in [7, 11) is -3.50.